The van der Waals surface area contributed by atoms with Crippen LogP contribution in [0.2, 0.25) is 0 Å². The number of hydrogen-bond acceptors (Lipinski definition) is 3. The van der Waals surface area contributed by atoms with Gasteiger partial charge in [-0.15, -0.1) is 35.3 Å². The SMILES string of the molecule is CN=C(NCc1ncc(C)s1)NC1CC1c1ccc(C(C)C)cc1.I. The normalized spacial score (nSPS) is 19.5. The number of aromatic nitrogens is 1. The number of aliphatic imine (C=N–C) groups is 1. The van der Waals surface area contributed by atoms with E-state index in [0.717, 1.165) is 23.9 Å². The predicted molar refractivity (Wildman–Crippen MR) is 117 cm³/mol. The molecule has 6 heteroatoms. The number of hydrogen-bond donors (Lipinski definition) is 2. The summed E-state index contributed by atoms with van der Waals surface area (Å²) in [5.74, 6) is 2.03. The Morgan fingerprint density at radius 3 is 2.60 bits per heavy atom. The van der Waals surface area contributed by atoms with Crippen LogP contribution in [0, 0.1) is 6.92 Å². The van der Waals surface area contributed by atoms with Gasteiger partial charge in [-0.2, -0.15) is 0 Å². The number of benzene rings is 1. The first kappa shape index (κ1) is 20.2. The van der Waals surface area contributed by atoms with Gasteiger partial charge < -0.3 is 10.6 Å². The molecule has 1 saturated carbocycles. The van der Waals surface area contributed by atoms with Crippen molar-refractivity contribution in [1.29, 1.82) is 0 Å². The molecular weight excluding hydrogens is 443 g/mol. The van der Waals surface area contributed by atoms with Crippen LogP contribution in [-0.4, -0.2) is 24.0 Å². The van der Waals surface area contributed by atoms with Crippen molar-refractivity contribution >= 4 is 41.3 Å². The molecule has 0 radical (unpaired) electrons. The van der Waals surface area contributed by atoms with Crippen molar-refractivity contribution in [1.82, 2.24) is 15.6 Å². The molecule has 2 atom stereocenters. The van der Waals surface area contributed by atoms with E-state index in [0.29, 0.717) is 17.9 Å². The maximum absolute atomic E-state index is 4.37. The second-order valence-corrected chi connectivity index (χ2v) is 8.02. The summed E-state index contributed by atoms with van der Waals surface area (Å²) < 4.78 is 0. The van der Waals surface area contributed by atoms with Crippen molar-refractivity contribution in [2.24, 2.45) is 4.99 Å². The van der Waals surface area contributed by atoms with Crippen molar-refractivity contribution in [3.05, 3.63) is 51.5 Å². The average Bonchev–Trinajstić information content (AvgIpc) is 3.23. The lowest BCUT2D eigenvalue weighted by atomic mass is 10.0. The van der Waals surface area contributed by atoms with Gasteiger partial charge in [0.05, 0.1) is 6.54 Å². The maximum atomic E-state index is 4.37. The minimum Gasteiger partial charge on any atom is -0.353 e. The Balaban J connectivity index is 0.00000225. The van der Waals surface area contributed by atoms with Crippen LogP contribution in [0.25, 0.3) is 0 Å². The van der Waals surface area contributed by atoms with E-state index in [1.807, 2.05) is 13.2 Å². The highest BCUT2D eigenvalue weighted by Gasteiger charge is 2.38. The van der Waals surface area contributed by atoms with E-state index in [4.69, 9.17) is 0 Å². The van der Waals surface area contributed by atoms with Gasteiger partial charge >= 0.3 is 0 Å². The van der Waals surface area contributed by atoms with Crippen LogP contribution in [0.5, 0.6) is 0 Å². The molecule has 4 nitrogen and oxygen atoms in total. The highest BCUT2D eigenvalue weighted by molar-refractivity contribution is 14.0. The second-order valence-electron chi connectivity index (χ2n) is 6.70. The largest absolute Gasteiger partial charge is 0.353 e. The molecule has 2 aromatic rings. The van der Waals surface area contributed by atoms with E-state index < -0.39 is 0 Å². The third-order valence-corrected chi connectivity index (χ3v) is 5.36. The van der Waals surface area contributed by atoms with Gasteiger partial charge in [0.15, 0.2) is 5.96 Å². The molecule has 1 aromatic heterocycles. The van der Waals surface area contributed by atoms with Crippen molar-refractivity contribution in [2.45, 2.75) is 51.6 Å². The van der Waals surface area contributed by atoms with Gasteiger partial charge in [-0.25, -0.2) is 4.98 Å². The molecule has 1 aliphatic carbocycles. The number of aryl methyl sites for hydroxylation is 1. The number of nitrogens with zero attached hydrogens (tertiary/aromatic N) is 2. The predicted octanol–water partition coefficient (Wildman–Crippen LogP) is 4.41. The Morgan fingerprint density at radius 1 is 1.32 bits per heavy atom. The van der Waals surface area contributed by atoms with E-state index in [1.165, 1.54) is 16.0 Å². The first-order valence-electron chi connectivity index (χ1n) is 8.55. The Bertz CT molecular complexity index is 708. The first-order chi connectivity index (χ1) is 11.6. The zero-order valence-electron chi connectivity index (χ0n) is 15.2. The standard InChI is InChI=1S/C19H26N4S.HI/c1-12(2)14-5-7-15(8-6-14)16-9-17(16)23-19(20-4)22-11-18-21-10-13(3)24-18;/h5-8,10,12,16-17H,9,11H2,1-4H3,(H2,20,22,23);1H. The molecule has 1 fully saturated rings. The highest BCUT2D eigenvalue weighted by atomic mass is 127. The molecule has 2 unspecified atom stereocenters. The molecule has 1 heterocycles. The van der Waals surface area contributed by atoms with Crippen molar-refractivity contribution in [3.63, 3.8) is 0 Å². The van der Waals surface area contributed by atoms with Crippen LogP contribution in [0.1, 0.15) is 53.1 Å². The molecular formula is C19H27IN4S. The molecule has 0 aliphatic heterocycles. The number of guanidine groups is 1. The molecule has 2 N–H and O–H groups in total. The van der Waals surface area contributed by atoms with E-state index in [2.05, 4.69) is 65.6 Å². The minimum absolute atomic E-state index is 0. The minimum atomic E-state index is 0. The van der Waals surface area contributed by atoms with Gasteiger partial charge in [-0.05, 0) is 30.4 Å². The fraction of sp³-hybridized carbons (Fsp3) is 0.474. The zero-order valence-corrected chi connectivity index (χ0v) is 18.4. The molecule has 0 spiro atoms. The summed E-state index contributed by atoms with van der Waals surface area (Å²) >= 11 is 1.72. The second kappa shape index (κ2) is 8.98. The van der Waals surface area contributed by atoms with Crippen LogP contribution in [-0.2, 0) is 6.54 Å². The number of nitrogens with one attached hydrogen (secondary N) is 2. The van der Waals surface area contributed by atoms with Crippen molar-refractivity contribution < 1.29 is 0 Å². The third-order valence-electron chi connectivity index (χ3n) is 4.44. The van der Waals surface area contributed by atoms with Crippen LogP contribution < -0.4 is 10.6 Å². The van der Waals surface area contributed by atoms with Crippen LogP contribution in [0.3, 0.4) is 0 Å². The molecule has 136 valence electrons. The van der Waals surface area contributed by atoms with E-state index in [9.17, 15) is 0 Å². The number of halogens is 1. The monoisotopic (exact) mass is 470 g/mol. The summed E-state index contributed by atoms with van der Waals surface area (Å²) in [5.41, 5.74) is 2.82. The van der Waals surface area contributed by atoms with E-state index in [1.54, 1.807) is 11.3 Å². The molecule has 3 rings (SSSR count). The van der Waals surface area contributed by atoms with E-state index in [-0.39, 0.29) is 24.0 Å². The summed E-state index contributed by atoms with van der Waals surface area (Å²) in [4.78, 5) is 9.94. The Hall–Kier alpha value is -1.15. The van der Waals surface area contributed by atoms with Crippen LogP contribution in [0.4, 0.5) is 0 Å². The Morgan fingerprint density at radius 2 is 2.04 bits per heavy atom. The molecule has 0 amide bonds. The van der Waals surface area contributed by atoms with E-state index >= 15 is 0 Å². The Kier molecular flexibility index (Phi) is 7.25. The van der Waals surface area contributed by atoms with Crippen molar-refractivity contribution in [3.8, 4) is 0 Å². The summed E-state index contributed by atoms with van der Waals surface area (Å²) in [6.07, 6.45) is 3.08. The smallest absolute Gasteiger partial charge is 0.191 e. The first-order valence-corrected chi connectivity index (χ1v) is 9.37. The molecule has 0 saturated heterocycles. The summed E-state index contributed by atoms with van der Waals surface area (Å²) in [6, 6.07) is 9.53. The zero-order chi connectivity index (χ0) is 17.1. The summed E-state index contributed by atoms with van der Waals surface area (Å²) in [6.45, 7) is 7.26. The van der Waals surface area contributed by atoms with Crippen LogP contribution >= 0.6 is 35.3 Å². The summed E-state index contributed by atoms with van der Waals surface area (Å²) in [7, 11) is 1.82. The lowest BCUT2D eigenvalue weighted by molar-refractivity contribution is 0.786. The maximum Gasteiger partial charge on any atom is 0.191 e. The van der Waals surface area contributed by atoms with Gasteiger partial charge in [-0.3, -0.25) is 4.99 Å². The van der Waals surface area contributed by atoms with Gasteiger partial charge in [-0.1, -0.05) is 38.1 Å². The van der Waals surface area contributed by atoms with Gasteiger partial charge in [0.2, 0.25) is 0 Å². The Labute approximate surface area is 171 Å². The quantitative estimate of drug-likeness (QED) is 0.387. The van der Waals surface area contributed by atoms with Gasteiger partial charge in [0, 0.05) is 30.1 Å². The number of rotatable bonds is 5. The molecule has 25 heavy (non-hydrogen) atoms. The van der Waals surface area contributed by atoms with Crippen molar-refractivity contribution in [2.75, 3.05) is 7.05 Å². The number of thiazole rings is 1. The molecule has 1 aliphatic rings. The topological polar surface area (TPSA) is 49.3 Å². The summed E-state index contributed by atoms with van der Waals surface area (Å²) in [5, 5.41) is 7.96. The fourth-order valence-electron chi connectivity index (χ4n) is 2.86. The molecule has 1 aromatic carbocycles. The van der Waals surface area contributed by atoms with Gasteiger partial charge in [0.1, 0.15) is 5.01 Å². The highest BCUT2D eigenvalue weighted by Crippen LogP contribution is 2.41. The molecule has 0 bridgehead atoms. The lowest BCUT2D eigenvalue weighted by Gasteiger charge is -2.11. The van der Waals surface area contributed by atoms with Gasteiger partial charge in [0.25, 0.3) is 0 Å². The lowest BCUT2D eigenvalue weighted by Crippen LogP contribution is -2.38. The fourth-order valence-corrected chi connectivity index (χ4v) is 3.59. The average molecular weight is 470 g/mol. The van der Waals surface area contributed by atoms with Crippen LogP contribution in [0.15, 0.2) is 35.5 Å². The third kappa shape index (κ3) is 5.41.